The maximum absolute atomic E-state index is 12.7. The summed E-state index contributed by atoms with van der Waals surface area (Å²) in [6, 6.07) is 1.83. The van der Waals surface area contributed by atoms with Crippen molar-refractivity contribution in [1.29, 1.82) is 0 Å². The molecule has 26 heavy (non-hydrogen) atoms. The number of aromatic nitrogens is 4. The number of fused-ring (bicyclic) bond motifs is 1. The van der Waals surface area contributed by atoms with Crippen molar-refractivity contribution in [1.82, 2.24) is 24.8 Å². The summed E-state index contributed by atoms with van der Waals surface area (Å²) in [7, 11) is 1.53. The molecule has 2 fully saturated rings. The molecule has 0 aromatic carbocycles. The fourth-order valence-corrected chi connectivity index (χ4v) is 3.86. The maximum Gasteiger partial charge on any atom is 0.274 e. The Morgan fingerprint density at radius 3 is 2.31 bits per heavy atom. The molecule has 136 valence electrons. The standard InChI is InChI=1S/C18H22N6O2/c1-26-16-10-21-15(9-22-16)17(25)24-11-13-3-7-23(8-4-14(13)12-24)18-19-5-2-6-20-18/h2,5-6,9-10,13-14H,3-4,7-8,11-12H2,1H3/t13-,14+. The van der Waals surface area contributed by atoms with Crippen LogP contribution in [0.5, 0.6) is 5.88 Å². The smallest absolute Gasteiger partial charge is 0.274 e. The number of amides is 1. The first-order valence-corrected chi connectivity index (χ1v) is 8.92. The summed E-state index contributed by atoms with van der Waals surface area (Å²) in [5.41, 5.74) is 0.376. The highest BCUT2D eigenvalue weighted by atomic mass is 16.5. The van der Waals surface area contributed by atoms with Gasteiger partial charge in [-0.2, -0.15) is 0 Å². The van der Waals surface area contributed by atoms with Gasteiger partial charge in [0.15, 0.2) is 0 Å². The van der Waals surface area contributed by atoms with Crippen LogP contribution in [0.25, 0.3) is 0 Å². The summed E-state index contributed by atoms with van der Waals surface area (Å²) < 4.78 is 5.00. The van der Waals surface area contributed by atoms with Gasteiger partial charge < -0.3 is 14.5 Å². The van der Waals surface area contributed by atoms with E-state index in [-0.39, 0.29) is 5.91 Å². The Bertz CT molecular complexity index is 738. The predicted molar refractivity (Wildman–Crippen MR) is 94.9 cm³/mol. The van der Waals surface area contributed by atoms with E-state index in [9.17, 15) is 4.79 Å². The van der Waals surface area contributed by atoms with E-state index in [0.717, 1.165) is 45.0 Å². The SMILES string of the molecule is COc1cnc(C(=O)N2C[C@H]3CCN(c4ncccn4)CC[C@H]3C2)cn1. The molecule has 2 aliphatic heterocycles. The van der Waals surface area contributed by atoms with Crippen molar-refractivity contribution in [2.24, 2.45) is 11.8 Å². The molecule has 2 aromatic rings. The van der Waals surface area contributed by atoms with Crippen LogP contribution in [0.3, 0.4) is 0 Å². The number of rotatable bonds is 3. The number of nitrogens with zero attached hydrogens (tertiary/aromatic N) is 6. The second kappa shape index (κ2) is 7.23. The molecule has 4 heterocycles. The topological polar surface area (TPSA) is 84.3 Å². The van der Waals surface area contributed by atoms with Gasteiger partial charge in [-0.25, -0.2) is 19.9 Å². The summed E-state index contributed by atoms with van der Waals surface area (Å²) >= 11 is 0. The van der Waals surface area contributed by atoms with Crippen LogP contribution in [-0.4, -0.2) is 64.0 Å². The molecular formula is C18H22N6O2. The Kier molecular flexibility index (Phi) is 4.64. The van der Waals surface area contributed by atoms with Gasteiger partial charge in [0, 0.05) is 38.6 Å². The Hall–Kier alpha value is -2.77. The molecule has 8 heteroatoms. The minimum Gasteiger partial charge on any atom is -0.480 e. The monoisotopic (exact) mass is 354 g/mol. The van der Waals surface area contributed by atoms with Gasteiger partial charge in [0.2, 0.25) is 11.8 Å². The van der Waals surface area contributed by atoms with Gasteiger partial charge >= 0.3 is 0 Å². The van der Waals surface area contributed by atoms with Crippen molar-refractivity contribution in [3.8, 4) is 5.88 Å². The van der Waals surface area contributed by atoms with Crippen molar-refractivity contribution >= 4 is 11.9 Å². The molecule has 0 spiro atoms. The lowest BCUT2D eigenvalue weighted by Gasteiger charge is -2.21. The predicted octanol–water partition coefficient (Wildman–Crippen LogP) is 1.26. The quantitative estimate of drug-likeness (QED) is 0.820. The van der Waals surface area contributed by atoms with Crippen LogP contribution in [0.15, 0.2) is 30.9 Å². The summed E-state index contributed by atoms with van der Waals surface area (Å²) in [5.74, 6) is 2.19. The fraction of sp³-hybridized carbons (Fsp3) is 0.500. The van der Waals surface area contributed by atoms with Gasteiger partial charge in [0.1, 0.15) is 5.69 Å². The van der Waals surface area contributed by atoms with Crippen LogP contribution in [-0.2, 0) is 0 Å². The van der Waals surface area contributed by atoms with E-state index in [2.05, 4.69) is 24.8 Å². The molecule has 8 nitrogen and oxygen atoms in total. The number of anilines is 1. The first kappa shape index (κ1) is 16.7. The largest absolute Gasteiger partial charge is 0.480 e. The Morgan fingerprint density at radius 2 is 1.73 bits per heavy atom. The first-order valence-electron chi connectivity index (χ1n) is 8.92. The van der Waals surface area contributed by atoms with E-state index < -0.39 is 0 Å². The van der Waals surface area contributed by atoms with E-state index in [1.54, 1.807) is 12.4 Å². The van der Waals surface area contributed by atoms with Crippen molar-refractivity contribution in [3.63, 3.8) is 0 Å². The minimum absolute atomic E-state index is 0.0449. The molecule has 2 saturated heterocycles. The molecule has 0 unspecified atom stereocenters. The summed E-state index contributed by atoms with van der Waals surface area (Å²) in [6.45, 7) is 3.41. The zero-order chi connectivity index (χ0) is 17.9. The number of ether oxygens (including phenoxy) is 1. The highest BCUT2D eigenvalue weighted by Crippen LogP contribution is 2.33. The fourth-order valence-electron chi connectivity index (χ4n) is 3.86. The maximum atomic E-state index is 12.7. The van der Waals surface area contributed by atoms with Crippen LogP contribution in [0.4, 0.5) is 5.95 Å². The van der Waals surface area contributed by atoms with Crippen LogP contribution in [0.1, 0.15) is 23.3 Å². The molecule has 0 bridgehead atoms. The average molecular weight is 354 g/mol. The number of carbonyl (C=O) groups excluding carboxylic acids is 1. The number of hydrogen-bond donors (Lipinski definition) is 0. The van der Waals surface area contributed by atoms with E-state index in [1.165, 1.54) is 19.5 Å². The molecule has 0 aliphatic carbocycles. The second-order valence-corrected chi connectivity index (χ2v) is 6.79. The normalized spacial score (nSPS) is 22.7. The third-order valence-corrected chi connectivity index (χ3v) is 5.29. The van der Waals surface area contributed by atoms with Gasteiger partial charge in [-0.15, -0.1) is 0 Å². The van der Waals surface area contributed by atoms with E-state index in [4.69, 9.17) is 4.74 Å². The van der Waals surface area contributed by atoms with E-state index >= 15 is 0 Å². The van der Waals surface area contributed by atoms with Crippen LogP contribution in [0.2, 0.25) is 0 Å². The molecule has 0 saturated carbocycles. The van der Waals surface area contributed by atoms with Gasteiger partial charge in [-0.3, -0.25) is 4.79 Å². The lowest BCUT2D eigenvalue weighted by atomic mass is 9.92. The van der Waals surface area contributed by atoms with Crippen LogP contribution < -0.4 is 9.64 Å². The van der Waals surface area contributed by atoms with E-state index in [0.29, 0.717) is 23.4 Å². The lowest BCUT2D eigenvalue weighted by Crippen LogP contribution is -2.32. The zero-order valence-electron chi connectivity index (χ0n) is 14.8. The highest BCUT2D eigenvalue weighted by molar-refractivity contribution is 5.92. The molecule has 1 amide bonds. The summed E-state index contributed by atoms with van der Waals surface area (Å²) in [6.07, 6.45) is 8.62. The molecule has 0 radical (unpaired) electrons. The molecule has 2 aromatic heterocycles. The van der Waals surface area contributed by atoms with Crippen molar-refractivity contribution in [3.05, 3.63) is 36.5 Å². The Balaban J connectivity index is 1.39. The molecule has 4 rings (SSSR count). The number of methoxy groups -OCH3 is 1. The van der Waals surface area contributed by atoms with Gasteiger partial charge in [0.25, 0.3) is 5.91 Å². The van der Waals surface area contributed by atoms with Crippen LogP contribution >= 0.6 is 0 Å². The minimum atomic E-state index is -0.0449. The van der Waals surface area contributed by atoms with Crippen molar-refractivity contribution in [2.75, 3.05) is 38.2 Å². The summed E-state index contributed by atoms with van der Waals surface area (Å²) in [5, 5.41) is 0. The number of carbonyl (C=O) groups is 1. The molecule has 0 N–H and O–H groups in total. The summed E-state index contributed by atoms with van der Waals surface area (Å²) in [4.78, 5) is 33.9. The molecular weight excluding hydrogens is 332 g/mol. The third kappa shape index (κ3) is 3.31. The third-order valence-electron chi connectivity index (χ3n) is 5.29. The van der Waals surface area contributed by atoms with Crippen LogP contribution in [0, 0.1) is 11.8 Å². The van der Waals surface area contributed by atoms with Gasteiger partial charge in [0.05, 0.1) is 19.5 Å². The zero-order valence-corrected chi connectivity index (χ0v) is 14.8. The first-order chi connectivity index (χ1) is 12.7. The number of hydrogen-bond acceptors (Lipinski definition) is 7. The Labute approximate surface area is 152 Å². The van der Waals surface area contributed by atoms with E-state index in [1.807, 2.05) is 11.0 Å². The van der Waals surface area contributed by atoms with Gasteiger partial charge in [-0.05, 0) is 30.7 Å². The van der Waals surface area contributed by atoms with Crippen molar-refractivity contribution in [2.45, 2.75) is 12.8 Å². The molecule has 2 aliphatic rings. The Morgan fingerprint density at radius 1 is 1.04 bits per heavy atom. The number of likely N-dealkylation sites (tertiary alicyclic amines) is 1. The molecule has 2 atom stereocenters. The van der Waals surface area contributed by atoms with Crippen molar-refractivity contribution < 1.29 is 9.53 Å². The second-order valence-electron chi connectivity index (χ2n) is 6.79. The highest BCUT2D eigenvalue weighted by Gasteiger charge is 2.37. The van der Waals surface area contributed by atoms with Gasteiger partial charge in [-0.1, -0.05) is 0 Å². The lowest BCUT2D eigenvalue weighted by molar-refractivity contribution is 0.0776. The average Bonchev–Trinajstić information content (AvgIpc) is 3.01.